The largest absolute Gasteiger partial charge is 0.344 e. The van der Waals surface area contributed by atoms with Gasteiger partial charge in [-0.3, -0.25) is 0 Å². The molecule has 0 unspecified atom stereocenters. The van der Waals surface area contributed by atoms with Crippen molar-refractivity contribution in [2.45, 2.75) is 32.4 Å². The van der Waals surface area contributed by atoms with Crippen molar-refractivity contribution in [1.82, 2.24) is 5.32 Å². The third kappa shape index (κ3) is 3.42. The number of rotatable bonds is 5. The fourth-order valence-electron chi connectivity index (χ4n) is 2.58. The second-order valence-electron chi connectivity index (χ2n) is 5.81. The van der Waals surface area contributed by atoms with Crippen LogP contribution in [0.1, 0.15) is 24.0 Å². The van der Waals surface area contributed by atoms with Gasteiger partial charge in [0, 0.05) is 31.0 Å². The molecule has 0 amide bonds. The molecule has 0 spiro atoms. The van der Waals surface area contributed by atoms with E-state index >= 15 is 0 Å². The SMILES string of the molecule is Cc1cc(CNC2CC2)ccc1N(C)c1cccc(F)c1. The van der Waals surface area contributed by atoms with Crippen LogP contribution < -0.4 is 10.2 Å². The van der Waals surface area contributed by atoms with E-state index in [2.05, 4.69) is 30.4 Å². The molecule has 0 atom stereocenters. The number of hydrogen-bond acceptors (Lipinski definition) is 2. The average molecular weight is 284 g/mol. The summed E-state index contributed by atoms with van der Waals surface area (Å²) in [7, 11) is 1.97. The molecule has 1 N–H and O–H groups in total. The van der Waals surface area contributed by atoms with Crippen LogP contribution in [0.25, 0.3) is 0 Å². The maximum absolute atomic E-state index is 13.4. The molecule has 110 valence electrons. The summed E-state index contributed by atoms with van der Waals surface area (Å²) in [6, 6.07) is 13.9. The van der Waals surface area contributed by atoms with Gasteiger partial charge in [0.15, 0.2) is 0 Å². The molecular weight excluding hydrogens is 263 g/mol. The van der Waals surface area contributed by atoms with E-state index in [1.54, 1.807) is 12.1 Å². The van der Waals surface area contributed by atoms with Gasteiger partial charge in [-0.15, -0.1) is 0 Å². The van der Waals surface area contributed by atoms with Crippen LogP contribution in [0.3, 0.4) is 0 Å². The molecule has 21 heavy (non-hydrogen) atoms. The highest BCUT2D eigenvalue weighted by Gasteiger charge is 2.20. The normalized spacial score (nSPS) is 14.2. The Morgan fingerprint density at radius 1 is 1.19 bits per heavy atom. The van der Waals surface area contributed by atoms with E-state index in [0.29, 0.717) is 0 Å². The topological polar surface area (TPSA) is 15.3 Å². The first-order chi connectivity index (χ1) is 10.1. The molecule has 1 fully saturated rings. The summed E-state index contributed by atoms with van der Waals surface area (Å²) in [5.41, 5.74) is 4.48. The zero-order chi connectivity index (χ0) is 14.8. The third-order valence-corrected chi connectivity index (χ3v) is 3.99. The zero-order valence-electron chi connectivity index (χ0n) is 12.6. The summed E-state index contributed by atoms with van der Waals surface area (Å²) in [6.45, 7) is 3.03. The highest BCUT2D eigenvalue weighted by Crippen LogP contribution is 2.28. The number of anilines is 2. The van der Waals surface area contributed by atoms with Crippen molar-refractivity contribution in [3.63, 3.8) is 0 Å². The molecule has 1 aliphatic rings. The van der Waals surface area contributed by atoms with Crippen molar-refractivity contribution in [1.29, 1.82) is 0 Å². The fourth-order valence-corrected chi connectivity index (χ4v) is 2.58. The Kier molecular flexibility index (Phi) is 3.93. The van der Waals surface area contributed by atoms with Crippen LogP contribution in [0, 0.1) is 12.7 Å². The Bertz CT molecular complexity index is 635. The number of benzene rings is 2. The first kappa shape index (κ1) is 14.1. The Hall–Kier alpha value is -1.87. The van der Waals surface area contributed by atoms with Crippen LogP contribution in [0.2, 0.25) is 0 Å². The molecular formula is C18H21FN2. The summed E-state index contributed by atoms with van der Waals surface area (Å²) in [6.07, 6.45) is 2.61. The van der Waals surface area contributed by atoms with Gasteiger partial charge in [0.2, 0.25) is 0 Å². The number of aryl methyl sites for hydroxylation is 1. The number of nitrogens with zero attached hydrogens (tertiary/aromatic N) is 1. The van der Waals surface area contributed by atoms with Crippen molar-refractivity contribution >= 4 is 11.4 Å². The molecule has 0 aliphatic heterocycles. The standard InChI is InChI=1S/C18H21FN2/c1-13-10-14(12-20-16-7-8-16)6-9-18(13)21(2)17-5-3-4-15(19)11-17/h3-6,9-11,16,20H,7-8,12H2,1-2H3. The summed E-state index contributed by atoms with van der Waals surface area (Å²) in [4.78, 5) is 2.02. The van der Waals surface area contributed by atoms with Crippen molar-refractivity contribution in [2.24, 2.45) is 0 Å². The van der Waals surface area contributed by atoms with Crippen LogP contribution in [0.4, 0.5) is 15.8 Å². The molecule has 2 aromatic rings. The fraction of sp³-hybridized carbons (Fsp3) is 0.333. The van der Waals surface area contributed by atoms with Crippen molar-refractivity contribution in [3.8, 4) is 0 Å². The summed E-state index contributed by atoms with van der Waals surface area (Å²) >= 11 is 0. The summed E-state index contributed by atoms with van der Waals surface area (Å²) < 4.78 is 13.4. The van der Waals surface area contributed by atoms with Gasteiger partial charge in [0.1, 0.15) is 5.82 Å². The van der Waals surface area contributed by atoms with E-state index in [4.69, 9.17) is 0 Å². The summed E-state index contributed by atoms with van der Waals surface area (Å²) in [5.74, 6) is -0.206. The van der Waals surface area contributed by atoms with E-state index in [-0.39, 0.29) is 5.82 Å². The van der Waals surface area contributed by atoms with Gasteiger partial charge < -0.3 is 10.2 Å². The van der Waals surface area contributed by atoms with E-state index in [0.717, 1.165) is 24.0 Å². The Morgan fingerprint density at radius 2 is 2.00 bits per heavy atom. The average Bonchev–Trinajstić information content (AvgIpc) is 3.29. The molecule has 1 aliphatic carbocycles. The molecule has 3 rings (SSSR count). The van der Waals surface area contributed by atoms with Gasteiger partial charge >= 0.3 is 0 Å². The molecule has 0 aromatic heterocycles. The number of nitrogens with one attached hydrogen (secondary N) is 1. The maximum Gasteiger partial charge on any atom is 0.125 e. The van der Waals surface area contributed by atoms with Gasteiger partial charge in [-0.05, 0) is 55.2 Å². The van der Waals surface area contributed by atoms with E-state index in [1.165, 1.54) is 30.0 Å². The van der Waals surface area contributed by atoms with Gasteiger partial charge in [0.25, 0.3) is 0 Å². The predicted octanol–water partition coefficient (Wildman–Crippen LogP) is 4.15. The van der Waals surface area contributed by atoms with Crippen LogP contribution in [0.5, 0.6) is 0 Å². The molecule has 0 heterocycles. The summed E-state index contributed by atoms with van der Waals surface area (Å²) in [5, 5.41) is 3.52. The molecule has 0 saturated heterocycles. The van der Waals surface area contributed by atoms with Crippen molar-refractivity contribution in [2.75, 3.05) is 11.9 Å². The second kappa shape index (κ2) is 5.86. The highest BCUT2D eigenvalue weighted by atomic mass is 19.1. The van der Waals surface area contributed by atoms with Crippen molar-refractivity contribution < 1.29 is 4.39 Å². The lowest BCUT2D eigenvalue weighted by Gasteiger charge is -2.22. The lowest BCUT2D eigenvalue weighted by atomic mass is 10.1. The first-order valence-corrected chi connectivity index (χ1v) is 7.46. The zero-order valence-corrected chi connectivity index (χ0v) is 12.6. The van der Waals surface area contributed by atoms with Crippen LogP contribution in [-0.2, 0) is 6.54 Å². The first-order valence-electron chi connectivity index (χ1n) is 7.46. The minimum absolute atomic E-state index is 0.206. The number of hydrogen-bond donors (Lipinski definition) is 1. The van der Waals surface area contributed by atoms with Crippen LogP contribution in [0.15, 0.2) is 42.5 Å². The molecule has 2 nitrogen and oxygen atoms in total. The number of halogens is 1. The quantitative estimate of drug-likeness (QED) is 0.887. The van der Waals surface area contributed by atoms with Crippen LogP contribution >= 0.6 is 0 Å². The monoisotopic (exact) mass is 284 g/mol. The lowest BCUT2D eigenvalue weighted by molar-refractivity contribution is 0.628. The van der Waals surface area contributed by atoms with E-state index in [1.807, 2.05) is 18.0 Å². The minimum atomic E-state index is -0.206. The molecule has 3 heteroatoms. The Balaban J connectivity index is 1.77. The maximum atomic E-state index is 13.4. The van der Waals surface area contributed by atoms with Gasteiger partial charge in [-0.2, -0.15) is 0 Å². The van der Waals surface area contributed by atoms with Gasteiger partial charge in [-0.1, -0.05) is 18.2 Å². The smallest absolute Gasteiger partial charge is 0.125 e. The molecule has 2 aromatic carbocycles. The molecule has 0 bridgehead atoms. The predicted molar refractivity (Wildman–Crippen MR) is 85.5 cm³/mol. The molecule has 0 radical (unpaired) electrons. The van der Waals surface area contributed by atoms with E-state index in [9.17, 15) is 4.39 Å². The third-order valence-electron chi connectivity index (χ3n) is 3.99. The van der Waals surface area contributed by atoms with Crippen LogP contribution in [-0.4, -0.2) is 13.1 Å². The highest BCUT2D eigenvalue weighted by molar-refractivity contribution is 5.66. The van der Waals surface area contributed by atoms with Gasteiger partial charge in [-0.25, -0.2) is 4.39 Å². The second-order valence-corrected chi connectivity index (χ2v) is 5.81. The molecule has 1 saturated carbocycles. The van der Waals surface area contributed by atoms with Crippen molar-refractivity contribution in [3.05, 3.63) is 59.4 Å². The van der Waals surface area contributed by atoms with Gasteiger partial charge in [0.05, 0.1) is 0 Å². The Morgan fingerprint density at radius 3 is 2.67 bits per heavy atom. The lowest BCUT2D eigenvalue weighted by Crippen LogP contribution is -2.16. The minimum Gasteiger partial charge on any atom is -0.344 e. The Labute approximate surface area is 125 Å². The van der Waals surface area contributed by atoms with E-state index < -0.39 is 0 Å².